The third kappa shape index (κ3) is 3.28. The molecule has 7 nitrogen and oxygen atoms in total. The minimum Gasteiger partial charge on any atom is -0.479 e. The van der Waals surface area contributed by atoms with Crippen LogP contribution in [0, 0.1) is 0 Å². The molecule has 0 radical (unpaired) electrons. The molecular formula is C10H16N4O3. The van der Waals surface area contributed by atoms with Gasteiger partial charge in [-0.1, -0.05) is 0 Å². The summed E-state index contributed by atoms with van der Waals surface area (Å²) in [7, 11) is 3.31. The highest BCUT2D eigenvalue weighted by molar-refractivity contribution is 5.87. The van der Waals surface area contributed by atoms with Crippen molar-refractivity contribution in [3.63, 3.8) is 0 Å². The van der Waals surface area contributed by atoms with E-state index in [1.165, 1.54) is 10.9 Å². The summed E-state index contributed by atoms with van der Waals surface area (Å²) in [5.41, 5.74) is 0.441. The number of nitrogens with zero attached hydrogens (tertiary/aromatic N) is 2. The Hall–Kier alpha value is -1.89. The smallest absolute Gasteiger partial charge is 0.331 e. The van der Waals surface area contributed by atoms with Crippen LogP contribution in [0.2, 0.25) is 0 Å². The van der Waals surface area contributed by atoms with E-state index in [0.29, 0.717) is 5.56 Å². The monoisotopic (exact) mass is 240 g/mol. The second-order valence-electron chi connectivity index (χ2n) is 3.74. The van der Waals surface area contributed by atoms with Gasteiger partial charge in [-0.3, -0.25) is 9.48 Å². The molecule has 0 aromatic carbocycles. The first-order valence-electron chi connectivity index (χ1n) is 5.14. The van der Waals surface area contributed by atoms with Gasteiger partial charge in [-0.05, 0) is 14.0 Å². The van der Waals surface area contributed by atoms with E-state index in [0.717, 1.165) is 0 Å². The largest absolute Gasteiger partial charge is 0.479 e. The van der Waals surface area contributed by atoms with E-state index in [-0.39, 0.29) is 5.91 Å². The average molecular weight is 240 g/mol. The quantitative estimate of drug-likeness (QED) is 0.630. The average Bonchev–Trinajstić information content (AvgIpc) is 2.70. The Morgan fingerprint density at radius 3 is 2.59 bits per heavy atom. The van der Waals surface area contributed by atoms with Crippen LogP contribution in [0.15, 0.2) is 12.4 Å². The molecule has 1 heterocycles. The molecule has 2 unspecified atom stereocenters. The molecule has 0 spiro atoms. The zero-order valence-corrected chi connectivity index (χ0v) is 9.97. The van der Waals surface area contributed by atoms with Gasteiger partial charge in [0.1, 0.15) is 0 Å². The maximum absolute atomic E-state index is 11.6. The molecule has 3 N–H and O–H groups in total. The van der Waals surface area contributed by atoms with E-state index < -0.39 is 18.1 Å². The molecule has 0 saturated carbocycles. The zero-order valence-electron chi connectivity index (χ0n) is 9.97. The van der Waals surface area contributed by atoms with Crippen molar-refractivity contribution in [1.82, 2.24) is 20.4 Å². The van der Waals surface area contributed by atoms with Crippen LogP contribution in [0.3, 0.4) is 0 Å². The van der Waals surface area contributed by atoms with Gasteiger partial charge in [0.05, 0.1) is 12.2 Å². The molecule has 1 aromatic heterocycles. The standard InChI is InChI=1S/C10H16N4O3/c1-6(11-2)9(15)13-8(10(16)17)7-4-12-14(3)5-7/h4-6,8,11H,1-3H3,(H,13,15)(H,16,17). The van der Waals surface area contributed by atoms with Crippen molar-refractivity contribution < 1.29 is 14.7 Å². The fourth-order valence-corrected chi connectivity index (χ4v) is 1.28. The van der Waals surface area contributed by atoms with Gasteiger partial charge in [-0.15, -0.1) is 0 Å². The number of carbonyl (C=O) groups is 2. The Morgan fingerprint density at radius 2 is 2.18 bits per heavy atom. The van der Waals surface area contributed by atoms with E-state index in [1.54, 1.807) is 27.2 Å². The van der Waals surface area contributed by atoms with Crippen molar-refractivity contribution in [2.75, 3.05) is 7.05 Å². The van der Waals surface area contributed by atoms with Crippen molar-refractivity contribution in [3.05, 3.63) is 18.0 Å². The Bertz CT molecular complexity index is 415. The minimum absolute atomic E-state index is 0.372. The third-order valence-corrected chi connectivity index (χ3v) is 2.42. The van der Waals surface area contributed by atoms with E-state index in [1.807, 2.05) is 0 Å². The van der Waals surface area contributed by atoms with Crippen LogP contribution in [-0.2, 0) is 16.6 Å². The molecule has 0 aliphatic heterocycles. The number of carboxylic acid groups (broad SMARTS) is 1. The molecule has 94 valence electrons. The van der Waals surface area contributed by atoms with Crippen LogP contribution in [-0.4, -0.2) is 39.9 Å². The van der Waals surface area contributed by atoms with E-state index >= 15 is 0 Å². The van der Waals surface area contributed by atoms with Gasteiger partial charge in [-0.2, -0.15) is 5.10 Å². The second-order valence-corrected chi connectivity index (χ2v) is 3.74. The van der Waals surface area contributed by atoms with Gasteiger partial charge in [0, 0.05) is 18.8 Å². The van der Waals surface area contributed by atoms with Gasteiger partial charge >= 0.3 is 5.97 Å². The Balaban J connectivity index is 2.81. The summed E-state index contributed by atoms with van der Waals surface area (Å²) in [4.78, 5) is 22.7. The van der Waals surface area contributed by atoms with Crippen LogP contribution in [0.1, 0.15) is 18.5 Å². The fraction of sp³-hybridized carbons (Fsp3) is 0.500. The Kier molecular flexibility index (Phi) is 4.22. The SMILES string of the molecule is CNC(C)C(=O)NC(C(=O)O)c1cnn(C)c1. The highest BCUT2D eigenvalue weighted by atomic mass is 16.4. The first-order valence-corrected chi connectivity index (χ1v) is 5.14. The summed E-state index contributed by atoms with van der Waals surface area (Å²) >= 11 is 0. The molecule has 0 saturated heterocycles. The number of hydrogen-bond donors (Lipinski definition) is 3. The van der Waals surface area contributed by atoms with Crippen LogP contribution in [0.25, 0.3) is 0 Å². The highest BCUT2D eigenvalue weighted by Crippen LogP contribution is 2.11. The maximum atomic E-state index is 11.6. The number of aryl methyl sites for hydroxylation is 1. The van der Waals surface area contributed by atoms with Crippen LogP contribution in [0.5, 0.6) is 0 Å². The lowest BCUT2D eigenvalue weighted by Crippen LogP contribution is -2.44. The number of amides is 1. The summed E-state index contributed by atoms with van der Waals surface area (Å²) in [5.74, 6) is -1.49. The summed E-state index contributed by atoms with van der Waals surface area (Å²) < 4.78 is 1.49. The number of hydrogen-bond acceptors (Lipinski definition) is 4. The second kappa shape index (κ2) is 5.44. The normalized spacial score (nSPS) is 14.1. The summed E-state index contributed by atoms with van der Waals surface area (Å²) in [5, 5.41) is 18.1. The number of rotatable bonds is 5. The maximum Gasteiger partial charge on any atom is 0.331 e. The third-order valence-electron chi connectivity index (χ3n) is 2.42. The predicted molar refractivity (Wildman–Crippen MR) is 60.2 cm³/mol. The summed E-state index contributed by atoms with van der Waals surface area (Å²) in [6.45, 7) is 1.65. The van der Waals surface area contributed by atoms with Gasteiger partial charge in [-0.25, -0.2) is 4.79 Å². The predicted octanol–water partition coefficient (Wildman–Crippen LogP) is -0.730. The lowest BCUT2D eigenvalue weighted by Gasteiger charge is -2.16. The first kappa shape index (κ1) is 13.2. The molecule has 0 bridgehead atoms. The molecule has 1 rings (SSSR count). The molecular weight excluding hydrogens is 224 g/mol. The summed E-state index contributed by atoms with van der Waals surface area (Å²) in [6.07, 6.45) is 2.98. The number of aliphatic carboxylic acids is 1. The summed E-state index contributed by atoms with van der Waals surface area (Å²) in [6, 6.07) is -1.53. The lowest BCUT2D eigenvalue weighted by atomic mass is 10.1. The van der Waals surface area contributed by atoms with Crippen LogP contribution in [0.4, 0.5) is 0 Å². The van der Waals surface area contributed by atoms with Gasteiger partial charge in [0.25, 0.3) is 0 Å². The molecule has 17 heavy (non-hydrogen) atoms. The van der Waals surface area contributed by atoms with Crippen molar-refractivity contribution in [1.29, 1.82) is 0 Å². The zero-order chi connectivity index (χ0) is 13.0. The molecule has 0 aliphatic rings. The number of likely N-dealkylation sites (N-methyl/N-ethyl adjacent to an activating group) is 1. The number of carbonyl (C=O) groups excluding carboxylic acids is 1. The van der Waals surface area contributed by atoms with Gasteiger partial charge in [0.2, 0.25) is 5.91 Å². The van der Waals surface area contributed by atoms with E-state index in [2.05, 4.69) is 15.7 Å². The van der Waals surface area contributed by atoms with Gasteiger partial charge < -0.3 is 15.7 Å². The Labute approximate surface area is 98.8 Å². The van der Waals surface area contributed by atoms with Crippen molar-refractivity contribution >= 4 is 11.9 Å². The Morgan fingerprint density at radius 1 is 1.53 bits per heavy atom. The van der Waals surface area contributed by atoms with Crippen LogP contribution < -0.4 is 10.6 Å². The van der Waals surface area contributed by atoms with Crippen molar-refractivity contribution in [3.8, 4) is 0 Å². The van der Waals surface area contributed by atoms with E-state index in [9.17, 15) is 9.59 Å². The number of carboxylic acids is 1. The number of aromatic nitrogens is 2. The highest BCUT2D eigenvalue weighted by Gasteiger charge is 2.25. The molecule has 0 fully saturated rings. The van der Waals surface area contributed by atoms with Crippen LogP contribution >= 0.6 is 0 Å². The van der Waals surface area contributed by atoms with Crippen molar-refractivity contribution in [2.45, 2.75) is 19.0 Å². The lowest BCUT2D eigenvalue weighted by molar-refractivity contribution is -0.142. The van der Waals surface area contributed by atoms with Crippen molar-refractivity contribution in [2.24, 2.45) is 7.05 Å². The molecule has 1 amide bonds. The van der Waals surface area contributed by atoms with Gasteiger partial charge in [0.15, 0.2) is 6.04 Å². The minimum atomic E-state index is -1.12. The molecule has 1 aromatic rings. The number of nitrogens with one attached hydrogen (secondary N) is 2. The topological polar surface area (TPSA) is 96.2 Å². The molecule has 2 atom stereocenters. The molecule has 7 heteroatoms. The molecule has 0 aliphatic carbocycles. The van der Waals surface area contributed by atoms with E-state index in [4.69, 9.17) is 5.11 Å². The first-order chi connectivity index (χ1) is 7.95. The fourth-order valence-electron chi connectivity index (χ4n) is 1.28.